The fourth-order valence-corrected chi connectivity index (χ4v) is 1.13. The maximum atomic E-state index is 11.1. The topological polar surface area (TPSA) is 81.4 Å². The highest BCUT2D eigenvalue weighted by atomic mass is 16.5. The number of para-hydroxylation sites is 1. The van der Waals surface area contributed by atoms with Gasteiger partial charge >= 0.3 is 5.97 Å². The first-order valence-electron chi connectivity index (χ1n) is 4.91. The van der Waals surface area contributed by atoms with Gasteiger partial charge in [-0.05, 0) is 12.1 Å². The second-order valence-corrected chi connectivity index (χ2v) is 3.23. The molecule has 1 aromatic rings. The number of nitrogens with two attached hydrogens (primary N) is 1. The Morgan fingerprint density at radius 1 is 1.44 bits per heavy atom. The number of hydrogen-bond donors (Lipinski definition) is 2. The Labute approximate surface area is 93.6 Å². The second-order valence-electron chi connectivity index (χ2n) is 3.23. The van der Waals surface area contributed by atoms with E-state index in [1.807, 2.05) is 0 Å². The molecule has 0 aromatic heterocycles. The predicted molar refractivity (Wildman–Crippen MR) is 61.1 cm³/mol. The summed E-state index contributed by atoms with van der Waals surface area (Å²) in [7, 11) is 0. The maximum absolute atomic E-state index is 11.1. The van der Waals surface area contributed by atoms with Crippen molar-refractivity contribution in [2.75, 3.05) is 11.1 Å². The number of carbonyl (C=O) groups is 2. The number of rotatable bonds is 3. The first-order valence-corrected chi connectivity index (χ1v) is 4.91. The minimum Gasteiger partial charge on any atom is -0.424 e. The number of carbonyl (C=O) groups excluding carboxylic acids is 2. The van der Waals surface area contributed by atoms with E-state index in [2.05, 4.69) is 5.32 Å². The number of benzene rings is 1. The molecule has 0 fully saturated rings. The van der Waals surface area contributed by atoms with E-state index in [0.29, 0.717) is 5.69 Å². The quantitative estimate of drug-likeness (QED) is 0.461. The van der Waals surface area contributed by atoms with Gasteiger partial charge in [0.2, 0.25) is 5.91 Å². The average molecular weight is 222 g/mol. The van der Waals surface area contributed by atoms with Crippen molar-refractivity contribution in [1.29, 1.82) is 0 Å². The summed E-state index contributed by atoms with van der Waals surface area (Å²) < 4.78 is 5.00. The number of hydrogen-bond acceptors (Lipinski definition) is 4. The molecule has 0 aliphatic carbocycles. The molecule has 0 atom stereocenters. The van der Waals surface area contributed by atoms with Crippen LogP contribution in [0.4, 0.5) is 11.4 Å². The van der Waals surface area contributed by atoms with Crippen molar-refractivity contribution in [1.82, 2.24) is 0 Å². The summed E-state index contributed by atoms with van der Waals surface area (Å²) >= 11 is 0. The fraction of sp³-hybridized carbons (Fsp3) is 0.273. The molecule has 86 valence electrons. The third-order valence-electron chi connectivity index (χ3n) is 1.89. The lowest BCUT2D eigenvalue weighted by atomic mass is 10.2. The Kier molecular flexibility index (Phi) is 3.88. The van der Waals surface area contributed by atoms with Crippen LogP contribution in [0.15, 0.2) is 18.2 Å². The Bertz CT molecular complexity index is 416. The van der Waals surface area contributed by atoms with E-state index in [0.717, 1.165) is 0 Å². The molecule has 0 bridgehead atoms. The van der Waals surface area contributed by atoms with Crippen molar-refractivity contribution < 1.29 is 14.3 Å². The van der Waals surface area contributed by atoms with Gasteiger partial charge in [0.05, 0.1) is 11.4 Å². The van der Waals surface area contributed by atoms with Crippen LogP contribution in [0.2, 0.25) is 0 Å². The summed E-state index contributed by atoms with van der Waals surface area (Å²) in [6, 6.07) is 4.87. The first kappa shape index (κ1) is 12.0. The number of ether oxygens (including phenoxy) is 1. The van der Waals surface area contributed by atoms with Crippen LogP contribution in [-0.4, -0.2) is 11.9 Å². The largest absolute Gasteiger partial charge is 0.424 e. The van der Waals surface area contributed by atoms with Crippen LogP contribution in [0.5, 0.6) is 5.75 Å². The van der Waals surface area contributed by atoms with Gasteiger partial charge in [-0.2, -0.15) is 0 Å². The number of amides is 1. The molecule has 0 aliphatic heterocycles. The highest BCUT2D eigenvalue weighted by molar-refractivity contribution is 5.93. The van der Waals surface area contributed by atoms with Gasteiger partial charge in [0, 0.05) is 13.3 Å². The molecule has 0 saturated heterocycles. The van der Waals surface area contributed by atoms with E-state index in [1.165, 1.54) is 6.92 Å². The molecule has 0 spiro atoms. The smallest absolute Gasteiger partial charge is 0.310 e. The van der Waals surface area contributed by atoms with E-state index >= 15 is 0 Å². The zero-order valence-electron chi connectivity index (χ0n) is 9.24. The van der Waals surface area contributed by atoms with E-state index < -0.39 is 0 Å². The van der Waals surface area contributed by atoms with Gasteiger partial charge in [-0.25, -0.2) is 0 Å². The zero-order valence-corrected chi connectivity index (χ0v) is 9.24. The third kappa shape index (κ3) is 2.98. The summed E-state index contributed by atoms with van der Waals surface area (Å²) in [4.78, 5) is 22.0. The van der Waals surface area contributed by atoms with Crippen LogP contribution < -0.4 is 15.8 Å². The zero-order chi connectivity index (χ0) is 12.1. The number of nitrogens with one attached hydrogen (secondary N) is 1. The van der Waals surface area contributed by atoms with Crippen molar-refractivity contribution in [3.05, 3.63) is 18.2 Å². The van der Waals surface area contributed by atoms with Crippen molar-refractivity contribution in [2.45, 2.75) is 20.3 Å². The average Bonchev–Trinajstić information content (AvgIpc) is 2.23. The van der Waals surface area contributed by atoms with E-state index in [9.17, 15) is 9.59 Å². The number of esters is 1. The molecule has 1 aromatic carbocycles. The molecule has 0 radical (unpaired) electrons. The van der Waals surface area contributed by atoms with Crippen LogP contribution >= 0.6 is 0 Å². The number of nitrogen functional groups attached to an aromatic ring is 1. The summed E-state index contributed by atoms with van der Waals surface area (Å²) in [5, 5.41) is 2.55. The van der Waals surface area contributed by atoms with Gasteiger partial charge in [-0.15, -0.1) is 0 Å². The van der Waals surface area contributed by atoms with Gasteiger partial charge in [-0.1, -0.05) is 13.0 Å². The van der Waals surface area contributed by atoms with Crippen molar-refractivity contribution >= 4 is 23.3 Å². The van der Waals surface area contributed by atoms with E-state index in [4.69, 9.17) is 10.5 Å². The summed E-state index contributed by atoms with van der Waals surface area (Å²) in [5.41, 5.74) is 6.43. The Morgan fingerprint density at radius 3 is 2.69 bits per heavy atom. The normalized spacial score (nSPS) is 9.62. The highest BCUT2D eigenvalue weighted by Gasteiger charge is 2.09. The fourth-order valence-electron chi connectivity index (χ4n) is 1.13. The van der Waals surface area contributed by atoms with Crippen LogP contribution in [0.3, 0.4) is 0 Å². The molecule has 0 aliphatic rings. The number of anilines is 2. The predicted octanol–water partition coefficient (Wildman–Crippen LogP) is 1.54. The Balaban J connectivity index is 2.94. The highest BCUT2D eigenvalue weighted by Crippen LogP contribution is 2.29. The Morgan fingerprint density at radius 2 is 2.12 bits per heavy atom. The molecular weight excluding hydrogens is 208 g/mol. The van der Waals surface area contributed by atoms with Gasteiger partial charge in [-0.3, -0.25) is 9.59 Å². The van der Waals surface area contributed by atoms with E-state index in [-0.39, 0.29) is 29.7 Å². The summed E-state index contributed by atoms with van der Waals surface area (Å²) in [6.07, 6.45) is 0.268. The van der Waals surface area contributed by atoms with Crippen LogP contribution in [0, 0.1) is 0 Å². The lowest BCUT2D eigenvalue weighted by Gasteiger charge is -2.10. The molecule has 0 heterocycles. The van der Waals surface area contributed by atoms with Gasteiger partial charge in [0.15, 0.2) is 5.75 Å². The van der Waals surface area contributed by atoms with E-state index in [1.54, 1.807) is 25.1 Å². The molecular formula is C11H14N2O3. The van der Waals surface area contributed by atoms with Gasteiger partial charge < -0.3 is 15.8 Å². The Hall–Kier alpha value is -2.04. The molecule has 0 saturated carbocycles. The molecule has 1 amide bonds. The van der Waals surface area contributed by atoms with Crippen molar-refractivity contribution in [3.8, 4) is 5.75 Å². The lowest BCUT2D eigenvalue weighted by Crippen LogP contribution is -2.11. The SMILES string of the molecule is CCC(=O)Oc1cccc(NC(C)=O)c1N. The van der Waals surface area contributed by atoms with Gasteiger partial charge in [0.1, 0.15) is 0 Å². The van der Waals surface area contributed by atoms with Crippen molar-refractivity contribution in [3.63, 3.8) is 0 Å². The molecule has 5 heteroatoms. The minimum atomic E-state index is -0.369. The third-order valence-corrected chi connectivity index (χ3v) is 1.89. The monoisotopic (exact) mass is 222 g/mol. The van der Waals surface area contributed by atoms with Gasteiger partial charge in [0.25, 0.3) is 0 Å². The summed E-state index contributed by atoms with van der Waals surface area (Å²) in [6.45, 7) is 3.07. The molecule has 3 N–H and O–H groups in total. The molecule has 16 heavy (non-hydrogen) atoms. The second kappa shape index (κ2) is 5.16. The molecule has 5 nitrogen and oxygen atoms in total. The summed E-state index contributed by atoms with van der Waals surface area (Å²) in [5.74, 6) is -0.338. The lowest BCUT2D eigenvalue weighted by molar-refractivity contribution is -0.133. The van der Waals surface area contributed by atoms with Crippen molar-refractivity contribution in [2.24, 2.45) is 0 Å². The van der Waals surface area contributed by atoms with Crippen LogP contribution in [-0.2, 0) is 9.59 Å². The minimum absolute atomic E-state index is 0.231. The van der Waals surface area contributed by atoms with Crippen LogP contribution in [0.25, 0.3) is 0 Å². The first-order chi connectivity index (χ1) is 7.54. The van der Waals surface area contributed by atoms with Crippen LogP contribution in [0.1, 0.15) is 20.3 Å². The molecule has 0 unspecified atom stereocenters. The molecule has 1 rings (SSSR count). The maximum Gasteiger partial charge on any atom is 0.310 e. The standard InChI is InChI=1S/C11H14N2O3/c1-3-10(15)16-9-6-4-5-8(11(9)12)13-7(2)14/h4-6H,3,12H2,1-2H3,(H,13,14).